The van der Waals surface area contributed by atoms with Crippen LogP contribution in [0.15, 0.2) is 48.9 Å². The molecule has 0 aliphatic heterocycles. The molecule has 8 heteroatoms. The first-order chi connectivity index (χ1) is 14.9. The molecular weight excluding hydrogens is 399 g/mol. The Balaban J connectivity index is 1.56. The molecule has 3 aromatic rings. The lowest BCUT2D eigenvalue weighted by Gasteiger charge is -2.20. The summed E-state index contributed by atoms with van der Waals surface area (Å²) in [5.74, 6) is 0.828. The van der Waals surface area contributed by atoms with Crippen molar-refractivity contribution in [2.75, 3.05) is 19.0 Å². The molecule has 0 spiro atoms. The number of carbonyl (C=O) groups excluding carboxylic acids is 1. The molecule has 0 saturated heterocycles. The highest BCUT2D eigenvalue weighted by molar-refractivity contribution is 5.96. The number of hydrogen-bond acceptors (Lipinski definition) is 6. The molecule has 1 aromatic carbocycles. The predicted molar refractivity (Wildman–Crippen MR) is 113 cm³/mol. The van der Waals surface area contributed by atoms with Gasteiger partial charge in [0.2, 0.25) is 5.91 Å². The van der Waals surface area contributed by atoms with Gasteiger partial charge in [0.1, 0.15) is 17.4 Å². The van der Waals surface area contributed by atoms with Crippen LogP contribution < -0.4 is 14.8 Å². The largest absolute Gasteiger partial charge is 0.495 e. The van der Waals surface area contributed by atoms with Gasteiger partial charge in [-0.1, -0.05) is 12.1 Å². The minimum atomic E-state index is -0.643. The molecule has 7 nitrogen and oxygen atoms in total. The number of carbonyl (C=O) groups is 1. The maximum Gasteiger partial charge on any atom is 0.228 e. The number of rotatable bonds is 7. The summed E-state index contributed by atoms with van der Waals surface area (Å²) in [6, 6.07) is 8.01. The molecule has 1 aliphatic rings. The number of amides is 1. The van der Waals surface area contributed by atoms with Crippen molar-refractivity contribution >= 4 is 11.6 Å². The molecule has 1 saturated carbocycles. The van der Waals surface area contributed by atoms with E-state index in [-0.39, 0.29) is 24.2 Å². The van der Waals surface area contributed by atoms with E-state index in [4.69, 9.17) is 9.47 Å². The Kier molecular flexibility index (Phi) is 5.54. The Hall–Kier alpha value is -3.55. The molecule has 0 unspecified atom stereocenters. The average Bonchev–Trinajstić information content (AvgIpc) is 3.49. The van der Waals surface area contributed by atoms with Crippen molar-refractivity contribution < 1.29 is 18.7 Å². The molecule has 160 valence electrons. The molecule has 2 aromatic heterocycles. The maximum absolute atomic E-state index is 14.0. The minimum absolute atomic E-state index is 0.181. The molecule has 2 atom stereocenters. The normalized spacial score (nSPS) is 19.5. The number of pyridine rings is 1. The monoisotopic (exact) mass is 422 g/mol. The zero-order valence-electron chi connectivity index (χ0n) is 17.6. The van der Waals surface area contributed by atoms with Gasteiger partial charge >= 0.3 is 0 Å². The zero-order chi connectivity index (χ0) is 22.0. The Morgan fingerprint density at radius 1 is 1.26 bits per heavy atom. The zero-order valence-corrected chi connectivity index (χ0v) is 17.6. The molecule has 0 bridgehead atoms. The van der Waals surface area contributed by atoms with E-state index in [1.54, 1.807) is 37.6 Å². The van der Waals surface area contributed by atoms with Crippen LogP contribution in [0.25, 0.3) is 0 Å². The van der Waals surface area contributed by atoms with Crippen LogP contribution in [0.3, 0.4) is 0 Å². The van der Waals surface area contributed by atoms with Crippen molar-refractivity contribution in [3.8, 4) is 11.5 Å². The number of halogens is 1. The van der Waals surface area contributed by atoms with E-state index in [2.05, 4.69) is 20.3 Å². The molecule has 1 N–H and O–H groups in total. The van der Waals surface area contributed by atoms with Gasteiger partial charge in [-0.05, 0) is 38.0 Å². The third kappa shape index (κ3) is 4.33. The van der Waals surface area contributed by atoms with Crippen LogP contribution in [0, 0.1) is 25.6 Å². The number of ether oxygens (including phenoxy) is 2. The van der Waals surface area contributed by atoms with E-state index in [0.29, 0.717) is 35.1 Å². The summed E-state index contributed by atoms with van der Waals surface area (Å²) < 4.78 is 25.1. The fourth-order valence-electron chi connectivity index (χ4n) is 3.76. The van der Waals surface area contributed by atoms with E-state index in [1.807, 2.05) is 13.0 Å². The van der Waals surface area contributed by atoms with Gasteiger partial charge in [-0.25, -0.2) is 14.4 Å². The van der Waals surface area contributed by atoms with Gasteiger partial charge in [-0.15, -0.1) is 0 Å². The van der Waals surface area contributed by atoms with Gasteiger partial charge in [-0.3, -0.25) is 9.78 Å². The lowest BCUT2D eigenvalue weighted by molar-refractivity contribution is -0.117. The Labute approximate surface area is 179 Å². The Morgan fingerprint density at radius 3 is 2.84 bits per heavy atom. The van der Waals surface area contributed by atoms with Gasteiger partial charge in [-0.2, -0.15) is 0 Å². The first-order valence-electron chi connectivity index (χ1n) is 9.90. The van der Waals surface area contributed by atoms with Crippen LogP contribution >= 0.6 is 0 Å². The summed E-state index contributed by atoms with van der Waals surface area (Å²) in [6.07, 6.45) is 5.27. The number of nitrogens with zero attached hydrogens (tertiary/aromatic N) is 3. The molecule has 4 rings (SSSR count). The minimum Gasteiger partial charge on any atom is -0.495 e. The maximum atomic E-state index is 14.0. The number of aromatic nitrogens is 3. The Morgan fingerprint density at radius 2 is 2.10 bits per heavy atom. The molecule has 0 radical (unpaired) electrons. The van der Waals surface area contributed by atoms with Gasteiger partial charge in [0.15, 0.2) is 5.75 Å². The average molecular weight is 422 g/mol. The van der Waals surface area contributed by atoms with Crippen molar-refractivity contribution in [2.45, 2.75) is 25.7 Å². The third-order valence-corrected chi connectivity index (χ3v) is 5.55. The van der Waals surface area contributed by atoms with Crippen molar-refractivity contribution in [2.24, 2.45) is 5.92 Å². The fourth-order valence-corrected chi connectivity index (χ4v) is 3.76. The van der Waals surface area contributed by atoms with Gasteiger partial charge in [0.25, 0.3) is 0 Å². The number of benzene rings is 1. The highest BCUT2D eigenvalue weighted by Crippen LogP contribution is 2.55. The molecule has 1 fully saturated rings. The van der Waals surface area contributed by atoms with Crippen LogP contribution in [0.1, 0.15) is 23.5 Å². The van der Waals surface area contributed by atoms with E-state index in [0.717, 1.165) is 5.56 Å². The Bertz CT molecular complexity index is 1120. The SMILES string of the molecule is COc1cncc(NC(=O)[C@@H]2C[C@@]2(COc2cnc(C)nc2C)c2cccc(F)c2)c1. The number of aryl methyl sites for hydroxylation is 2. The summed E-state index contributed by atoms with van der Waals surface area (Å²) in [6.45, 7) is 3.85. The van der Waals surface area contributed by atoms with Crippen LogP contribution in [-0.2, 0) is 10.2 Å². The second kappa shape index (κ2) is 8.29. The molecule has 31 heavy (non-hydrogen) atoms. The van der Waals surface area contributed by atoms with Crippen LogP contribution in [-0.4, -0.2) is 34.6 Å². The standard InChI is InChI=1S/C23H23FN4O3/c1-14-21(12-26-15(2)27-14)31-13-23(16-5-4-6-17(24)7-16)9-20(23)22(29)28-18-8-19(30-3)11-25-10-18/h4-8,10-12,20H,9,13H2,1-3H3,(H,28,29)/t20-,23+/m0/s1. The van der Waals surface area contributed by atoms with Crippen molar-refractivity contribution in [3.05, 3.63) is 71.8 Å². The number of methoxy groups -OCH3 is 1. The molecular formula is C23H23FN4O3. The highest BCUT2D eigenvalue weighted by Gasteiger charge is 2.60. The summed E-state index contributed by atoms with van der Waals surface area (Å²) in [4.78, 5) is 25.6. The predicted octanol–water partition coefficient (Wildman–Crippen LogP) is 3.61. The number of nitrogens with one attached hydrogen (secondary N) is 1. The van der Waals surface area contributed by atoms with Gasteiger partial charge < -0.3 is 14.8 Å². The molecule has 2 heterocycles. The summed E-state index contributed by atoms with van der Waals surface area (Å²) >= 11 is 0. The number of anilines is 1. The molecule has 1 amide bonds. The topological polar surface area (TPSA) is 86.2 Å². The first-order valence-corrected chi connectivity index (χ1v) is 9.90. The van der Waals surface area contributed by atoms with E-state index in [9.17, 15) is 9.18 Å². The fraction of sp³-hybridized carbons (Fsp3) is 0.304. The summed E-state index contributed by atoms with van der Waals surface area (Å²) in [5, 5.41) is 2.88. The van der Waals surface area contributed by atoms with Crippen molar-refractivity contribution in [1.82, 2.24) is 15.0 Å². The van der Waals surface area contributed by atoms with Crippen molar-refractivity contribution in [1.29, 1.82) is 0 Å². The van der Waals surface area contributed by atoms with Gasteiger partial charge in [0, 0.05) is 11.5 Å². The highest BCUT2D eigenvalue weighted by atomic mass is 19.1. The lowest BCUT2D eigenvalue weighted by Crippen LogP contribution is -2.27. The van der Waals surface area contributed by atoms with E-state index < -0.39 is 5.41 Å². The lowest BCUT2D eigenvalue weighted by atomic mass is 9.93. The smallest absolute Gasteiger partial charge is 0.228 e. The number of hydrogen-bond donors (Lipinski definition) is 1. The van der Waals surface area contributed by atoms with E-state index >= 15 is 0 Å². The van der Waals surface area contributed by atoms with Gasteiger partial charge in [0.05, 0.1) is 49.6 Å². The third-order valence-electron chi connectivity index (χ3n) is 5.55. The second-order valence-electron chi connectivity index (χ2n) is 7.68. The van der Waals surface area contributed by atoms with Crippen LogP contribution in [0.5, 0.6) is 11.5 Å². The van der Waals surface area contributed by atoms with Crippen LogP contribution in [0.4, 0.5) is 10.1 Å². The summed E-state index contributed by atoms with van der Waals surface area (Å²) in [7, 11) is 1.53. The second-order valence-corrected chi connectivity index (χ2v) is 7.68. The van der Waals surface area contributed by atoms with Crippen molar-refractivity contribution in [3.63, 3.8) is 0 Å². The quantitative estimate of drug-likeness (QED) is 0.626. The first kappa shape index (κ1) is 20.7. The summed E-state index contributed by atoms with van der Waals surface area (Å²) in [5.41, 5.74) is 1.33. The van der Waals surface area contributed by atoms with E-state index in [1.165, 1.54) is 19.2 Å². The molecule has 1 aliphatic carbocycles. The van der Waals surface area contributed by atoms with Crippen LogP contribution in [0.2, 0.25) is 0 Å².